The standard InChI is InChI=1S/C11H27N3O2S/c1-10(2)14(11(3)4)8-7-13-17(15,16)9-5-6-12/h10-11,13H,5-9,12H2,1-4H3. The van der Waals surface area contributed by atoms with E-state index in [1.165, 1.54) is 0 Å². The van der Waals surface area contributed by atoms with Gasteiger partial charge in [0.05, 0.1) is 5.75 Å². The van der Waals surface area contributed by atoms with Gasteiger partial charge in [-0.2, -0.15) is 0 Å². The van der Waals surface area contributed by atoms with Crippen LogP contribution in [-0.2, 0) is 10.0 Å². The summed E-state index contributed by atoms with van der Waals surface area (Å²) in [5.41, 5.74) is 5.29. The Morgan fingerprint density at radius 1 is 1.18 bits per heavy atom. The first kappa shape index (κ1) is 16.8. The Balaban J connectivity index is 4.04. The van der Waals surface area contributed by atoms with E-state index >= 15 is 0 Å². The van der Waals surface area contributed by atoms with Crippen LogP contribution in [0.15, 0.2) is 0 Å². The largest absolute Gasteiger partial charge is 0.330 e. The Bertz CT molecular complexity index is 281. The van der Waals surface area contributed by atoms with Gasteiger partial charge >= 0.3 is 0 Å². The van der Waals surface area contributed by atoms with Gasteiger partial charge in [-0.1, -0.05) is 0 Å². The molecule has 3 N–H and O–H groups in total. The molecule has 0 aliphatic heterocycles. The predicted molar refractivity (Wildman–Crippen MR) is 72.4 cm³/mol. The first-order chi connectivity index (χ1) is 7.80. The highest BCUT2D eigenvalue weighted by Crippen LogP contribution is 2.03. The smallest absolute Gasteiger partial charge is 0.211 e. The van der Waals surface area contributed by atoms with Crippen LogP contribution in [0.25, 0.3) is 0 Å². The van der Waals surface area contributed by atoms with Gasteiger partial charge in [-0.3, -0.25) is 4.90 Å². The van der Waals surface area contributed by atoms with E-state index in [0.29, 0.717) is 31.6 Å². The van der Waals surface area contributed by atoms with Gasteiger partial charge in [0.25, 0.3) is 0 Å². The van der Waals surface area contributed by atoms with E-state index < -0.39 is 10.0 Å². The minimum atomic E-state index is -3.15. The molecule has 104 valence electrons. The van der Waals surface area contributed by atoms with Crippen molar-refractivity contribution in [1.82, 2.24) is 9.62 Å². The molecule has 0 heterocycles. The molecule has 0 radical (unpaired) electrons. The number of nitrogens with two attached hydrogens (primary N) is 1. The Morgan fingerprint density at radius 3 is 2.12 bits per heavy atom. The number of nitrogens with one attached hydrogen (secondary N) is 1. The van der Waals surface area contributed by atoms with Crippen LogP contribution in [0.2, 0.25) is 0 Å². The maximum atomic E-state index is 11.5. The summed E-state index contributed by atoms with van der Waals surface area (Å²) < 4.78 is 25.7. The number of rotatable bonds is 9. The van der Waals surface area contributed by atoms with Crippen molar-refractivity contribution in [2.24, 2.45) is 5.73 Å². The van der Waals surface area contributed by atoms with Crippen LogP contribution in [-0.4, -0.2) is 50.8 Å². The van der Waals surface area contributed by atoms with Crippen molar-refractivity contribution < 1.29 is 8.42 Å². The third-order valence-electron chi connectivity index (χ3n) is 2.64. The van der Waals surface area contributed by atoms with Crippen molar-refractivity contribution in [3.63, 3.8) is 0 Å². The molecule has 5 nitrogen and oxygen atoms in total. The topological polar surface area (TPSA) is 75.4 Å². The zero-order chi connectivity index (χ0) is 13.5. The Labute approximate surface area is 106 Å². The quantitative estimate of drug-likeness (QED) is 0.632. The fraction of sp³-hybridized carbons (Fsp3) is 1.00. The minimum Gasteiger partial charge on any atom is -0.330 e. The van der Waals surface area contributed by atoms with Gasteiger partial charge < -0.3 is 5.73 Å². The first-order valence-electron chi connectivity index (χ1n) is 6.23. The number of sulfonamides is 1. The molecule has 0 saturated heterocycles. The van der Waals surface area contributed by atoms with Crippen LogP contribution >= 0.6 is 0 Å². The van der Waals surface area contributed by atoms with E-state index in [4.69, 9.17) is 5.73 Å². The van der Waals surface area contributed by atoms with E-state index in [2.05, 4.69) is 37.3 Å². The Hall–Kier alpha value is -0.170. The van der Waals surface area contributed by atoms with Crippen LogP contribution in [0, 0.1) is 0 Å². The normalized spacial score (nSPS) is 12.9. The second-order valence-electron chi connectivity index (χ2n) is 4.78. The summed E-state index contributed by atoms with van der Waals surface area (Å²) >= 11 is 0. The fourth-order valence-electron chi connectivity index (χ4n) is 1.79. The molecule has 0 aliphatic rings. The van der Waals surface area contributed by atoms with Crippen molar-refractivity contribution >= 4 is 10.0 Å². The number of hydrogen-bond donors (Lipinski definition) is 2. The molecule has 0 aromatic heterocycles. The van der Waals surface area contributed by atoms with Crippen LogP contribution in [0.4, 0.5) is 0 Å². The van der Waals surface area contributed by atoms with Crippen LogP contribution < -0.4 is 10.5 Å². The Kier molecular flexibility index (Phi) is 7.94. The molecule has 0 aliphatic carbocycles. The molecule has 17 heavy (non-hydrogen) atoms. The van der Waals surface area contributed by atoms with Crippen molar-refractivity contribution in [1.29, 1.82) is 0 Å². The second kappa shape index (κ2) is 8.02. The first-order valence-corrected chi connectivity index (χ1v) is 7.88. The molecule has 0 rings (SSSR count). The molecule has 0 fully saturated rings. The summed E-state index contributed by atoms with van der Waals surface area (Å²) in [7, 11) is -3.15. The molecule has 0 bridgehead atoms. The zero-order valence-corrected chi connectivity index (χ0v) is 12.3. The van der Waals surface area contributed by atoms with Crippen LogP contribution in [0.3, 0.4) is 0 Å². The average Bonchev–Trinajstić information content (AvgIpc) is 2.20. The molecule has 0 unspecified atom stereocenters. The van der Waals surface area contributed by atoms with Gasteiger partial charge in [-0.15, -0.1) is 0 Å². The summed E-state index contributed by atoms with van der Waals surface area (Å²) in [6, 6.07) is 0.840. The highest BCUT2D eigenvalue weighted by molar-refractivity contribution is 7.89. The molecule has 0 saturated carbocycles. The van der Waals surface area contributed by atoms with Gasteiger partial charge in [-0.25, -0.2) is 13.1 Å². The van der Waals surface area contributed by atoms with E-state index in [9.17, 15) is 8.42 Å². The third-order valence-corrected chi connectivity index (χ3v) is 4.11. The van der Waals surface area contributed by atoms with Gasteiger partial charge in [0.15, 0.2) is 0 Å². The second-order valence-corrected chi connectivity index (χ2v) is 6.71. The van der Waals surface area contributed by atoms with Crippen molar-refractivity contribution in [3.05, 3.63) is 0 Å². The summed E-state index contributed by atoms with van der Waals surface area (Å²) in [6.45, 7) is 10.1. The number of hydrogen-bond acceptors (Lipinski definition) is 4. The van der Waals surface area contributed by atoms with Crippen molar-refractivity contribution in [2.75, 3.05) is 25.4 Å². The lowest BCUT2D eigenvalue weighted by Crippen LogP contribution is -2.42. The van der Waals surface area contributed by atoms with Crippen molar-refractivity contribution in [2.45, 2.75) is 46.2 Å². The highest BCUT2D eigenvalue weighted by Gasteiger charge is 2.14. The molecule has 0 aromatic rings. The van der Waals surface area contributed by atoms with Gasteiger partial charge in [0.2, 0.25) is 10.0 Å². The van der Waals surface area contributed by atoms with Gasteiger partial charge in [0, 0.05) is 25.2 Å². The third kappa shape index (κ3) is 7.70. The lowest BCUT2D eigenvalue weighted by molar-refractivity contribution is 0.179. The van der Waals surface area contributed by atoms with E-state index in [-0.39, 0.29) is 5.75 Å². The van der Waals surface area contributed by atoms with E-state index in [1.54, 1.807) is 0 Å². The van der Waals surface area contributed by atoms with E-state index in [0.717, 1.165) is 6.54 Å². The minimum absolute atomic E-state index is 0.118. The highest BCUT2D eigenvalue weighted by atomic mass is 32.2. The SMILES string of the molecule is CC(C)N(CCNS(=O)(=O)CCCN)C(C)C. The summed E-state index contributed by atoms with van der Waals surface area (Å²) in [5.74, 6) is 0.118. The molecule has 0 spiro atoms. The maximum absolute atomic E-state index is 11.5. The summed E-state index contributed by atoms with van der Waals surface area (Å²) in [5, 5.41) is 0. The maximum Gasteiger partial charge on any atom is 0.211 e. The Morgan fingerprint density at radius 2 is 1.71 bits per heavy atom. The molecule has 0 atom stereocenters. The molecule has 6 heteroatoms. The van der Waals surface area contributed by atoms with E-state index in [1.807, 2.05) is 0 Å². The van der Waals surface area contributed by atoms with Crippen LogP contribution in [0.5, 0.6) is 0 Å². The van der Waals surface area contributed by atoms with Crippen molar-refractivity contribution in [3.8, 4) is 0 Å². The summed E-state index contributed by atoms with van der Waals surface area (Å²) in [6.07, 6.45) is 0.507. The molecular weight excluding hydrogens is 238 g/mol. The molecule has 0 amide bonds. The van der Waals surface area contributed by atoms with Gasteiger partial charge in [0.1, 0.15) is 0 Å². The zero-order valence-electron chi connectivity index (χ0n) is 11.4. The predicted octanol–water partition coefficient (Wildman–Crippen LogP) is 0.373. The lowest BCUT2D eigenvalue weighted by Gasteiger charge is -2.30. The molecular formula is C11H27N3O2S. The average molecular weight is 265 g/mol. The monoisotopic (exact) mass is 265 g/mol. The summed E-state index contributed by atoms with van der Waals surface area (Å²) in [4.78, 5) is 2.26. The fourth-order valence-corrected chi connectivity index (χ4v) is 2.88. The van der Waals surface area contributed by atoms with Gasteiger partial charge in [-0.05, 0) is 40.7 Å². The molecule has 0 aromatic carbocycles. The number of nitrogens with zero attached hydrogens (tertiary/aromatic N) is 1. The van der Waals surface area contributed by atoms with Crippen LogP contribution in [0.1, 0.15) is 34.1 Å². The lowest BCUT2D eigenvalue weighted by atomic mass is 10.2.